The molecule has 2 atom stereocenters. The van der Waals surface area contributed by atoms with E-state index in [0.29, 0.717) is 24.5 Å². The molecule has 1 saturated heterocycles. The lowest BCUT2D eigenvalue weighted by Gasteiger charge is -2.27. The van der Waals surface area contributed by atoms with Gasteiger partial charge in [0.15, 0.2) is 0 Å². The Hall–Kier alpha value is -2.95. The molecule has 0 radical (unpaired) electrons. The Balaban J connectivity index is 1.58. The fraction of sp³-hybridized carbons (Fsp3) is 0.471. The number of nitrogens with one attached hydrogen (secondary N) is 1. The predicted octanol–water partition coefficient (Wildman–Crippen LogP) is 0.891. The molecule has 0 aromatic carbocycles. The summed E-state index contributed by atoms with van der Waals surface area (Å²) in [5.41, 5.74) is 0.533. The summed E-state index contributed by atoms with van der Waals surface area (Å²) < 4.78 is 1.78. The third kappa shape index (κ3) is 2.93. The summed E-state index contributed by atoms with van der Waals surface area (Å²) in [6, 6.07) is 5.56. The minimum atomic E-state index is -0.0941. The van der Waals surface area contributed by atoms with Crippen molar-refractivity contribution in [1.29, 1.82) is 5.26 Å². The Bertz CT molecular complexity index is 794. The molecule has 1 N–H and O–H groups in total. The number of anilines is 1. The van der Waals surface area contributed by atoms with Crippen molar-refractivity contribution < 1.29 is 4.79 Å². The van der Waals surface area contributed by atoms with E-state index in [1.165, 1.54) is 0 Å². The molecular weight excluding hydrogens is 318 g/mol. The Morgan fingerprint density at radius 3 is 2.88 bits per heavy atom. The first-order valence-electron chi connectivity index (χ1n) is 8.52. The zero-order valence-corrected chi connectivity index (χ0v) is 13.7. The highest BCUT2D eigenvalue weighted by Gasteiger charge is 2.38. The van der Waals surface area contributed by atoms with Gasteiger partial charge in [-0.3, -0.25) is 4.79 Å². The van der Waals surface area contributed by atoms with Gasteiger partial charge in [-0.1, -0.05) is 11.6 Å². The lowest BCUT2D eigenvalue weighted by atomic mass is 9.84. The molecule has 4 rings (SSSR count). The maximum atomic E-state index is 12.4. The molecule has 2 aromatic heterocycles. The molecule has 8 heteroatoms. The van der Waals surface area contributed by atoms with Gasteiger partial charge in [0.1, 0.15) is 11.9 Å². The average molecular weight is 337 g/mol. The minimum Gasteiger partial charge on any atom is -0.351 e. The van der Waals surface area contributed by atoms with Gasteiger partial charge in [0.25, 0.3) is 0 Å². The Morgan fingerprint density at radius 1 is 1.32 bits per heavy atom. The van der Waals surface area contributed by atoms with Crippen molar-refractivity contribution >= 4 is 11.7 Å². The van der Waals surface area contributed by atoms with Crippen LogP contribution in [0.4, 0.5) is 5.82 Å². The van der Waals surface area contributed by atoms with Crippen molar-refractivity contribution in [3.63, 3.8) is 0 Å². The molecule has 3 heterocycles. The third-order valence-corrected chi connectivity index (χ3v) is 5.08. The van der Waals surface area contributed by atoms with Gasteiger partial charge in [-0.15, -0.1) is 5.10 Å². The van der Waals surface area contributed by atoms with Crippen LogP contribution in [-0.4, -0.2) is 45.0 Å². The van der Waals surface area contributed by atoms with Crippen LogP contribution in [-0.2, 0) is 4.79 Å². The lowest BCUT2D eigenvalue weighted by Crippen LogP contribution is -2.45. The molecule has 1 aliphatic heterocycles. The van der Waals surface area contributed by atoms with Crippen LogP contribution in [0.3, 0.4) is 0 Å². The lowest BCUT2D eigenvalue weighted by molar-refractivity contribution is -0.128. The van der Waals surface area contributed by atoms with Gasteiger partial charge in [0, 0.05) is 31.4 Å². The summed E-state index contributed by atoms with van der Waals surface area (Å²) in [4.78, 5) is 18.8. The molecule has 25 heavy (non-hydrogen) atoms. The van der Waals surface area contributed by atoms with Gasteiger partial charge in [-0.05, 0) is 25.0 Å². The topological polar surface area (TPSA) is 99.7 Å². The second-order valence-electron chi connectivity index (χ2n) is 6.58. The molecule has 0 unspecified atom stereocenters. The van der Waals surface area contributed by atoms with E-state index in [9.17, 15) is 10.1 Å². The zero-order chi connectivity index (χ0) is 17.2. The maximum Gasteiger partial charge on any atom is 0.223 e. The number of hydrogen-bond donors (Lipinski definition) is 1. The summed E-state index contributed by atoms with van der Waals surface area (Å²) in [5.74, 6) is 0.898. The number of carbonyl (C=O) groups is 1. The van der Waals surface area contributed by atoms with E-state index in [1.54, 1.807) is 35.4 Å². The number of pyridine rings is 1. The van der Waals surface area contributed by atoms with E-state index in [0.717, 1.165) is 19.3 Å². The molecule has 1 aliphatic carbocycles. The molecule has 128 valence electrons. The fourth-order valence-electron chi connectivity index (χ4n) is 3.47. The van der Waals surface area contributed by atoms with Gasteiger partial charge in [0.2, 0.25) is 5.91 Å². The van der Waals surface area contributed by atoms with Crippen LogP contribution in [0.5, 0.6) is 0 Å². The fourth-order valence-corrected chi connectivity index (χ4v) is 3.47. The van der Waals surface area contributed by atoms with E-state index in [4.69, 9.17) is 0 Å². The highest BCUT2D eigenvalue weighted by atomic mass is 16.2. The van der Waals surface area contributed by atoms with Gasteiger partial charge >= 0.3 is 0 Å². The zero-order valence-electron chi connectivity index (χ0n) is 13.7. The maximum absolute atomic E-state index is 12.4. The van der Waals surface area contributed by atoms with Crippen molar-refractivity contribution in [3.8, 4) is 6.07 Å². The molecule has 2 fully saturated rings. The number of nitriles is 1. The summed E-state index contributed by atoms with van der Waals surface area (Å²) in [5, 5.41) is 20.5. The van der Waals surface area contributed by atoms with Crippen LogP contribution in [0.25, 0.3) is 0 Å². The molecular formula is C17H19N7O. The largest absolute Gasteiger partial charge is 0.351 e. The predicted molar refractivity (Wildman–Crippen MR) is 89.5 cm³/mol. The summed E-state index contributed by atoms with van der Waals surface area (Å²) in [6.45, 7) is 1.21. The molecule has 1 saturated carbocycles. The first-order chi connectivity index (χ1) is 12.3. The molecule has 8 nitrogen and oxygen atoms in total. The van der Waals surface area contributed by atoms with Crippen LogP contribution in [0, 0.1) is 17.2 Å². The summed E-state index contributed by atoms with van der Waals surface area (Å²) in [7, 11) is 0. The number of nitrogens with zero attached hydrogens (tertiary/aromatic N) is 6. The van der Waals surface area contributed by atoms with Crippen LogP contribution in [0.2, 0.25) is 0 Å². The Kier molecular flexibility index (Phi) is 4.06. The van der Waals surface area contributed by atoms with Crippen LogP contribution in [0.15, 0.2) is 30.7 Å². The first-order valence-corrected chi connectivity index (χ1v) is 8.52. The molecule has 0 spiro atoms. The summed E-state index contributed by atoms with van der Waals surface area (Å²) in [6.07, 6.45) is 8.18. The van der Waals surface area contributed by atoms with Crippen molar-refractivity contribution in [2.24, 2.45) is 5.92 Å². The number of amides is 1. The second kappa shape index (κ2) is 6.51. The average Bonchev–Trinajstić information content (AvgIpc) is 3.22. The third-order valence-electron chi connectivity index (χ3n) is 5.08. The number of carbonyl (C=O) groups excluding carboxylic acids is 1. The van der Waals surface area contributed by atoms with Gasteiger partial charge in [-0.2, -0.15) is 5.26 Å². The Labute approximate surface area is 145 Å². The molecule has 2 aliphatic rings. The van der Waals surface area contributed by atoms with Crippen LogP contribution >= 0.6 is 0 Å². The second-order valence-corrected chi connectivity index (χ2v) is 6.58. The minimum absolute atomic E-state index is 0.0416. The van der Waals surface area contributed by atoms with Crippen molar-refractivity contribution in [2.75, 3.05) is 18.0 Å². The van der Waals surface area contributed by atoms with E-state index >= 15 is 0 Å². The molecule has 2 aromatic rings. The van der Waals surface area contributed by atoms with Crippen LogP contribution < -0.4 is 10.2 Å². The normalized spacial score (nSPS) is 23.1. The first kappa shape index (κ1) is 15.6. The van der Waals surface area contributed by atoms with Gasteiger partial charge in [0.05, 0.1) is 23.8 Å². The smallest absolute Gasteiger partial charge is 0.223 e. The number of hydrogen-bond acceptors (Lipinski definition) is 6. The highest BCUT2D eigenvalue weighted by molar-refractivity contribution is 5.80. The molecule has 0 bridgehead atoms. The number of rotatable bonds is 4. The van der Waals surface area contributed by atoms with E-state index < -0.39 is 0 Å². The van der Waals surface area contributed by atoms with Crippen molar-refractivity contribution in [2.45, 2.75) is 31.3 Å². The monoisotopic (exact) mass is 337 g/mol. The van der Waals surface area contributed by atoms with Gasteiger partial charge in [-0.25, -0.2) is 9.67 Å². The van der Waals surface area contributed by atoms with E-state index in [1.807, 2.05) is 4.90 Å². The SMILES string of the molecule is N#Cc1cccnc1N1C[C@@H](NC(=O)C2CCC2)[C@@H](n2ccnn2)C1. The van der Waals surface area contributed by atoms with Crippen molar-refractivity contribution in [3.05, 3.63) is 36.3 Å². The Morgan fingerprint density at radius 2 is 2.20 bits per heavy atom. The quantitative estimate of drug-likeness (QED) is 0.889. The standard InChI is InChI=1S/C17H19N7O/c18-9-13-5-2-6-19-16(13)23-10-14(21-17(25)12-3-1-4-12)15(11-23)24-8-7-20-22-24/h2,5-8,12,14-15H,1,3-4,10-11H2,(H,21,25)/t14-,15+/m1/s1. The van der Waals surface area contributed by atoms with E-state index in [-0.39, 0.29) is 23.9 Å². The van der Waals surface area contributed by atoms with Crippen molar-refractivity contribution in [1.82, 2.24) is 25.3 Å². The summed E-state index contributed by atoms with van der Waals surface area (Å²) >= 11 is 0. The molecule has 1 amide bonds. The van der Waals surface area contributed by atoms with Gasteiger partial charge < -0.3 is 10.2 Å². The van der Waals surface area contributed by atoms with Crippen LogP contribution in [0.1, 0.15) is 30.9 Å². The number of aromatic nitrogens is 4. The highest BCUT2D eigenvalue weighted by Crippen LogP contribution is 2.30. The van der Waals surface area contributed by atoms with E-state index in [2.05, 4.69) is 26.7 Å².